The van der Waals surface area contributed by atoms with Gasteiger partial charge in [0, 0.05) is 19.0 Å². The predicted octanol–water partition coefficient (Wildman–Crippen LogP) is 3.10. The van der Waals surface area contributed by atoms with Crippen LogP contribution in [-0.2, 0) is 20.4 Å². The molecule has 0 radical (unpaired) electrons. The van der Waals surface area contributed by atoms with Gasteiger partial charge in [0.25, 0.3) is 0 Å². The number of ether oxygens (including phenoxy) is 2. The summed E-state index contributed by atoms with van der Waals surface area (Å²) < 4.78 is 51.1. The molecule has 0 aromatic heterocycles. The Kier molecular flexibility index (Phi) is 7.17. The van der Waals surface area contributed by atoms with E-state index in [0.717, 1.165) is 31.2 Å². The molecule has 1 aliphatic rings. The van der Waals surface area contributed by atoms with Crippen LogP contribution in [0.3, 0.4) is 0 Å². The lowest BCUT2D eigenvalue weighted by molar-refractivity contribution is -0.123. The van der Waals surface area contributed by atoms with Gasteiger partial charge in [-0.15, -0.1) is 0 Å². The van der Waals surface area contributed by atoms with Gasteiger partial charge in [0.1, 0.15) is 5.82 Å². The molecule has 2 aromatic rings. The Labute approximate surface area is 182 Å². The van der Waals surface area contributed by atoms with Gasteiger partial charge in [-0.2, -0.15) is 0 Å². The third-order valence-electron chi connectivity index (χ3n) is 5.54. The highest BCUT2D eigenvalue weighted by Gasteiger charge is 2.36. The first-order valence-electron chi connectivity index (χ1n) is 10.1. The number of hydrogen-bond donors (Lipinski definition) is 2. The maximum absolute atomic E-state index is 13.3. The molecular formula is C22H27FN2O5S. The van der Waals surface area contributed by atoms with E-state index < -0.39 is 15.6 Å². The summed E-state index contributed by atoms with van der Waals surface area (Å²) in [5.41, 5.74) is 0.332. The Balaban J connectivity index is 1.62. The normalized spacial score (nSPS) is 15.5. The number of carbonyl (C=O) groups excluding carboxylic acids is 1. The van der Waals surface area contributed by atoms with Crippen molar-refractivity contribution in [2.45, 2.75) is 42.5 Å². The maximum Gasteiger partial charge on any atom is 0.240 e. The van der Waals surface area contributed by atoms with Crippen LogP contribution in [0, 0.1) is 5.82 Å². The van der Waals surface area contributed by atoms with E-state index in [1.807, 2.05) is 0 Å². The van der Waals surface area contributed by atoms with Crippen LogP contribution < -0.4 is 19.5 Å². The number of benzene rings is 2. The van der Waals surface area contributed by atoms with Crippen LogP contribution in [0.4, 0.5) is 4.39 Å². The van der Waals surface area contributed by atoms with E-state index in [2.05, 4.69) is 10.0 Å². The van der Waals surface area contributed by atoms with Crippen molar-refractivity contribution in [3.05, 3.63) is 53.8 Å². The van der Waals surface area contributed by atoms with Crippen LogP contribution in [-0.4, -0.2) is 35.1 Å². The summed E-state index contributed by atoms with van der Waals surface area (Å²) in [6, 6.07) is 10.4. The van der Waals surface area contributed by atoms with Gasteiger partial charge in [-0.1, -0.05) is 25.0 Å². The fourth-order valence-electron chi connectivity index (χ4n) is 3.93. The van der Waals surface area contributed by atoms with Gasteiger partial charge in [0.2, 0.25) is 15.9 Å². The van der Waals surface area contributed by atoms with E-state index in [4.69, 9.17) is 9.47 Å². The summed E-state index contributed by atoms with van der Waals surface area (Å²) >= 11 is 0. The molecular weight excluding hydrogens is 423 g/mol. The zero-order valence-corrected chi connectivity index (χ0v) is 18.4. The van der Waals surface area contributed by atoms with Gasteiger partial charge in [0.15, 0.2) is 11.5 Å². The number of methoxy groups -OCH3 is 2. The zero-order chi connectivity index (χ0) is 22.5. The van der Waals surface area contributed by atoms with Crippen molar-refractivity contribution < 1.29 is 27.1 Å². The van der Waals surface area contributed by atoms with E-state index in [9.17, 15) is 17.6 Å². The number of amides is 1. The Hall–Kier alpha value is -2.65. The van der Waals surface area contributed by atoms with E-state index in [0.29, 0.717) is 11.5 Å². The van der Waals surface area contributed by atoms with Crippen molar-refractivity contribution in [1.29, 1.82) is 0 Å². The molecule has 3 rings (SSSR count). The van der Waals surface area contributed by atoms with Crippen molar-refractivity contribution in [2.75, 3.05) is 20.8 Å². The van der Waals surface area contributed by atoms with Gasteiger partial charge >= 0.3 is 0 Å². The Morgan fingerprint density at radius 1 is 1.03 bits per heavy atom. The number of sulfonamides is 1. The summed E-state index contributed by atoms with van der Waals surface area (Å²) in [7, 11) is -0.933. The molecule has 1 fully saturated rings. The van der Waals surface area contributed by atoms with E-state index >= 15 is 0 Å². The first-order chi connectivity index (χ1) is 14.8. The molecule has 2 aromatic carbocycles. The summed E-state index contributed by atoms with van der Waals surface area (Å²) in [5.74, 6) is 0.128. The molecule has 2 N–H and O–H groups in total. The summed E-state index contributed by atoms with van der Waals surface area (Å²) in [4.78, 5) is 12.6. The van der Waals surface area contributed by atoms with Crippen LogP contribution in [0.15, 0.2) is 47.4 Å². The number of carbonyl (C=O) groups is 1. The van der Waals surface area contributed by atoms with E-state index in [-0.39, 0.29) is 29.6 Å². The molecule has 1 aliphatic carbocycles. The fourth-order valence-corrected chi connectivity index (χ4v) is 4.98. The van der Waals surface area contributed by atoms with Crippen molar-refractivity contribution in [2.24, 2.45) is 0 Å². The van der Waals surface area contributed by atoms with E-state index in [1.54, 1.807) is 12.1 Å². The highest BCUT2D eigenvalue weighted by molar-refractivity contribution is 7.89. The van der Waals surface area contributed by atoms with Crippen molar-refractivity contribution in [3.8, 4) is 11.5 Å². The maximum atomic E-state index is 13.3. The molecule has 0 unspecified atom stereocenters. The molecule has 0 heterocycles. The molecule has 0 bridgehead atoms. The second-order valence-electron chi connectivity index (χ2n) is 7.51. The third kappa shape index (κ3) is 5.34. The highest BCUT2D eigenvalue weighted by atomic mass is 32.2. The number of hydrogen-bond acceptors (Lipinski definition) is 5. The molecule has 9 heteroatoms. The fraction of sp³-hybridized carbons (Fsp3) is 0.409. The molecule has 0 saturated heterocycles. The van der Waals surface area contributed by atoms with Gasteiger partial charge in [-0.3, -0.25) is 4.79 Å². The molecule has 0 atom stereocenters. The Bertz CT molecular complexity index is 1020. The quantitative estimate of drug-likeness (QED) is 0.612. The molecule has 0 aliphatic heterocycles. The third-order valence-corrected chi connectivity index (χ3v) is 7.00. The molecule has 0 spiro atoms. The Morgan fingerprint density at radius 3 is 2.29 bits per heavy atom. The second kappa shape index (κ2) is 9.65. The number of nitrogens with one attached hydrogen (secondary N) is 2. The average molecular weight is 451 g/mol. The van der Waals surface area contributed by atoms with Crippen molar-refractivity contribution in [1.82, 2.24) is 10.0 Å². The molecule has 1 saturated carbocycles. The molecule has 168 valence electrons. The minimum atomic E-state index is -3.82. The minimum Gasteiger partial charge on any atom is -0.493 e. The first-order valence-corrected chi connectivity index (χ1v) is 11.6. The molecule has 7 nitrogen and oxygen atoms in total. The highest BCUT2D eigenvalue weighted by Crippen LogP contribution is 2.38. The predicted molar refractivity (Wildman–Crippen MR) is 114 cm³/mol. The van der Waals surface area contributed by atoms with Crippen LogP contribution >= 0.6 is 0 Å². The SMILES string of the molecule is COc1ccc(S(=O)(=O)NCCC(=O)NC2(c3ccc(F)cc3)CCCC2)cc1OC. The number of halogens is 1. The lowest BCUT2D eigenvalue weighted by Crippen LogP contribution is -2.44. The van der Waals surface area contributed by atoms with Crippen LogP contribution in [0.25, 0.3) is 0 Å². The van der Waals surface area contributed by atoms with Crippen LogP contribution in [0.2, 0.25) is 0 Å². The first kappa shape index (κ1) is 23.0. The smallest absolute Gasteiger partial charge is 0.240 e. The van der Waals surface area contributed by atoms with Gasteiger partial charge < -0.3 is 14.8 Å². The van der Waals surface area contributed by atoms with Crippen molar-refractivity contribution in [3.63, 3.8) is 0 Å². The standard InChI is InChI=1S/C22H27FN2O5S/c1-29-19-10-9-18(15-20(19)30-2)31(27,28)24-14-11-21(26)25-22(12-3-4-13-22)16-5-7-17(23)8-6-16/h5-10,15,24H,3-4,11-14H2,1-2H3,(H,25,26). The van der Waals surface area contributed by atoms with Crippen LogP contribution in [0.1, 0.15) is 37.7 Å². The van der Waals surface area contributed by atoms with E-state index in [1.165, 1.54) is 44.6 Å². The lowest BCUT2D eigenvalue weighted by atomic mass is 9.88. The Morgan fingerprint density at radius 2 is 1.68 bits per heavy atom. The van der Waals surface area contributed by atoms with Gasteiger partial charge in [-0.25, -0.2) is 17.5 Å². The molecule has 31 heavy (non-hydrogen) atoms. The van der Waals surface area contributed by atoms with Crippen molar-refractivity contribution >= 4 is 15.9 Å². The topological polar surface area (TPSA) is 93.7 Å². The van der Waals surface area contributed by atoms with Crippen LogP contribution in [0.5, 0.6) is 11.5 Å². The van der Waals surface area contributed by atoms with Gasteiger partial charge in [-0.05, 0) is 42.7 Å². The largest absolute Gasteiger partial charge is 0.493 e. The zero-order valence-electron chi connectivity index (χ0n) is 17.6. The summed E-state index contributed by atoms with van der Waals surface area (Å²) in [5, 5.41) is 3.05. The summed E-state index contributed by atoms with van der Waals surface area (Å²) in [6.45, 7) is -0.0536. The average Bonchev–Trinajstić information content (AvgIpc) is 3.22. The second-order valence-corrected chi connectivity index (χ2v) is 9.28. The lowest BCUT2D eigenvalue weighted by Gasteiger charge is -2.31. The monoisotopic (exact) mass is 450 g/mol. The number of rotatable bonds is 9. The summed E-state index contributed by atoms with van der Waals surface area (Å²) in [6.07, 6.45) is 3.44. The minimum absolute atomic E-state index is 0.0177. The molecule has 1 amide bonds. The van der Waals surface area contributed by atoms with Gasteiger partial charge in [0.05, 0.1) is 24.7 Å².